The summed E-state index contributed by atoms with van der Waals surface area (Å²) >= 11 is 3.22. The van der Waals surface area contributed by atoms with Crippen molar-refractivity contribution in [1.82, 2.24) is 4.90 Å². The largest absolute Gasteiger partial charge is 0.395 e. The molecule has 1 aliphatic carbocycles. The van der Waals surface area contributed by atoms with Gasteiger partial charge in [-0.25, -0.2) is 0 Å². The van der Waals surface area contributed by atoms with Crippen LogP contribution in [0.25, 0.3) is 9.40 Å². The van der Waals surface area contributed by atoms with E-state index in [1.54, 1.807) is 22.7 Å². The Labute approximate surface area is 114 Å². The lowest BCUT2D eigenvalue weighted by atomic mass is 9.91. The van der Waals surface area contributed by atoms with Crippen molar-refractivity contribution < 1.29 is 9.90 Å². The molecule has 0 saturated heterocycles. The lowest BCUT2D eigenvalue weighted by Gasteiger charge is -2.37. The Balaban J connectivity index is 1.84. The Kier molecular flexibility index (Phi) is 3.37. The Bertz CT molecular complexity index is 528. The van der Waals surface area contributed by atoms with Crippen molar-refractivity contribution >= 4 is 38.0 Å². The maximum Gasteiger partial charge on any atom is 0.264 e. The van der Waals surface area contributed by atoms with Crippen molar-refractivity contribution in [2.75, 3.05) is 13.2 Å². The van der Waals surface area contributed by atoms with Gasteiger partial charge in [-0.2, -0.15) is 0 Å². The van der Waals surface area contributed by atoms with Gasteiger partial charge in [0.15, 0.2) is 0 Å². The molecule has 96 valence electrons. The quantitative estimate of drug-likeness (QED) is 0.936. The van der Waals surface area contributed by atoms with E-state index < -0.39 is 0 Å². The molecule has 3 nitrogen and oxygen atoms in total. The summed E-state index contributed by atoms with van der Waals surface area (Å²) in [7, 11) is 0. The summed E-state index contributed by atoms with van der Waals surface area (Å²) in [6.45, 7) is 0.497. The molecule has 1 fully saturated rings. The van der Waals surface area contributed by atoms with E-state index in [0.717, 1.165) is 17.7 Å². The number of hydrogen-bond acceptors (Lipinski definition) is 4. The summed E-state index contributed by atoms with van der Waals surface area (Å²) in [6, 6.07) is 4.38. The van der Waals surface area contributed by atoms with Crippen LogP contribution in [-0.2, 0) is 0 Å². The van der Waals surface area contributed by atoms with Gasteiger partial charge in [0, 0.05) is 22.0 Å². The summed E-state index contributed by atoms with van der Waals surface area (Å²) in [5.41, 5.74) is 0. The van der Waals surface area contributed by atoms with Crippen LogP contribution in [0.15, 0.2) is 17.5 Å². The molecule has 3 rings (SSSR count). The number of hydrogen-bond donors (Lipinski definition) is 1. The second-order valence-corrected chi connectivity index (χ2v) is 6.60. The average molecular weight is 281 g/mol. The monoisotopic (exact) mass is 281 g/mol. The van der Waals surface area contributed by atoms with Crippen LogP contribution < -0.4 is 0 Å². The maximum absolute atomic E-state index is 12.5. The topological polar surface area (TPSA) is 40.5 Å². The zero-order valence-electron chi connectivity index (χ0n) is 9.96. The van der Waals surface area contributed by atoms with Crippen LogP contribution >= 0.6 is 22.7 Å². The van der Waals surface area contributed by atoms with Gasteiger partial charge in [0.1, 0.15) is 0 Å². The first-order valence-corrected chi connectivity index (χ1v) is 7.88. The molecular formula is C13H15NO2S2. The van der Waals surface area contributed by atoms with Crippen LogP contribution in [0.1, 0.15) is 28.9 Å². The van der Waals surface area contributed by atoms with Gasteiger partial charge >= 0.3 is 0 Å². The van der Waals surface area contributed by atoms with Gasteiger partial charge in [0.2, 0.25) is 0 Å². The fourth-order valence-electron chi connectivity index (χ4n) is 2.27. The number of thiophene rings is 2. The molecule has 1 aliphatic rings. The van der Waals surface area contributed by atoms with Crippen molar-refractivity contribution in [2.24, 2.45) is 0 Å². The van der Waals surface area contributed by atoms with Crippen LogP contribution in [0.3, 0.4) is 0 Å². The van der Waals surface area contributed by atoms with Crippen LogP contribution in [0.4, 0.5) is 0 Å². The highest BCUT2D eigenvalue weighted by Gasteiger charge is 2.29. The molecule has 2 heterocycles. The van der Waals surface area contributed by atoms with E-state index in [4.69, 9.17) is 5.11 Å². The summed E-state index contributed by atoms with van der Waals surface area (Å²) in [5, 5.41) is 11.2. The fraction of sp³-hybridized carbons (Fsp3) is 0.462. The normalized spacial score (nSPS) is 15.8. The number of carbonyl (C=O) groups is 1. The van der Waals surface area contributed by atoms with E-state index in [1.165, 1.54) is 15.8 Å². The molecule has 0 aliphatic heterocycles. The molecule has 0 unspecified atom stereocenters. The second kappa shape index (κ2) is 4.99. The standard InChI is InChI=1S/C13H15NO2S2/c15-6-5-14(9-2-1-3-9)13(16)12-8-11-10(18-12)4-7-17-11/h4,7-9,15H,1-3,5-6H2. The van der Waals surface area contributed by atoms with Crippen molar-refractivity contribution in [3.05, 3.63) is 22.4 Å². The Morgan fingerprint density at radius 3 is 2.89 bits per heavy atom. The fourth-order valence-corrected chi connectivity index (χ4v) is 4.33. The number of carbonyl (C=O) groups excluding carboxylic acids is 1. The predicted octanol–water partition coefficient (Wildman–Crippen LogP) is 2.95. The minimum absolute atomic E-state index is 0.0436. The van der Waals surface area contributed by atoms with Crippen molar-refractivity contribution in [3.8, 4) is 0 Å². The molecule has 0 aromatic carbocycles. The Morgan fingerprint density at radius 2 is 2.28 bits per heavy atom. The number of aliphatic hydroxyl groups excluding tert-OH is 1. The molecule has 18 heavy (non-hydrogen) atoms. The highest BCUT2D eigenvalue weighted by Crippen LogP contribution is 2.32. The summed E-state index contributed by atoms with van der Waals surface area (Å²) < 4.78 is 2.36. The van der Waals surface area contributed by atoms with Crippen LogP contribution in [0.5, 0.6) is 0 Å². The smallest absolute Gasteiger partial charge is 0.264 e. The molecule has 0 bridgehead atoms. The molecule has 1 saturated carbocycles. The van der Waals surface area contributed by atoms with Crippen LogP contribution in [-0.4, -0.2) is 35.1 Å². The predicted molar refractivity (Wildman–Crippen MR) is 75.5 cm³/mol. The number of amides is 1. The minimum Gasteiger partial charge on any atom is -0.395 e. The van der Waals surface area contributed by atoms with Crippen molar-refractivity contribution in [3.63, 3.8) is 0 Å². The number of fused-ring (bicyclic) bond motifs is 1. The average Bonchev–Trinajstić information content (AvgIpc) is 2.84. The molecule has 5 heteroatoms. The number of nitrogens with zero attached hydrogens (tertiary/aromatic N) is 1. The van der Waals surface area contributed by atoms with Gasteiger partial charge in [0.05, 0.1) is 11.5 Å². The van der Waals surface area contributed by atoms with Crippen molar-refractivity contribution in [1.29, 1.82) is 0 Å². The van der Waals surface area contributed by atoms with Gasteiger partial charge < -0.3 is 10.0 Å². The first-order valence-electron chi connectivity index (χ1n) is 6.18. The second-order valence-electron chi connectivity index (χ2n) is 4.57. The third-order valence-corrected chi connectivity index (χ3v) is 5.55. The molecule has 1 N–H and O–H groups in total. The zero-order valence-corrected chi connectivity index (χ0v) is 11.6. The third-order valence-electron chi connectivity index (χ3n) is 3.47. The first kappa shape index (κ1) is 12.1. The van der Waals surface area contributed by atoms with Crippen LogP contribution in [0.2, 0.25) is 0 Å². The SMILES string of the molecule is O=C(c1cc2sccc2s1)N(CCO)C1CCC1. The molecule has 0 atom stereocenters. The van der Waals surface area contributed by atoms with E-state index in [9.17, 15) is 4.79 Å². The van der Waals surface area contributed by atoms with Crippen LogP contribution in [0, 0.1) is 0 Å². The minimum atomic E-state index is 0.0436. The van der Waals surface area contributed by atoms with E-state index in [2.05, 4.69) is 6.07 Å². The van der Waals surface area contributed by atoms with E-state index in [1.807, 2.05) is 16.3 Å². The van der Waals surface area contributed by atoms with E-state index in [0.29, 0.717) is 12.6 Å². The molecule has 0 spiro atoms. The highest BCUT2D eigenvalue weighted by atomic mass is 32.1. The number of aliphatic hydroxyl groups is 1. The Morgan fingerprint density at radius 1 is 1.44 bits per heavy atom. The molecule has 1 amide bonds. The third kappa shape index (κ3) is 2.06. The van der Waals surface area contributed by atoms with Gasteiger partial charge in [0.25, 0.3) is 5.91 Å². The molecule has 0 radical (unpaired) electrons. The summed E-state index contributed by atoms with van der Waals surface area (Å²) in [4.78, 5) is 15.1. The van der Waals surface area contributed by atoms with E-state index >= 15 is 0 Å². The van der Waals surface area contributed by atoms with Gasteiger partial charge in [-0.1, -0.05) is 0 Å². The number of rotatable bonds is 4. The molecule has 2 aromatic rings. The Hall–Kier alpha value is -0.910. The summed E-state index contributed by atoms with van der Waals surface area (Å²) in [5.74, 6) is 0.0853. The molecular weight excluding hydrogens is 266 g/mol. The lowest BCUT2D eigenvalue weighted by Crippen LogP contribution is -2.45. The van der Waals surface area contributed by atoms with Gasteiger partial charge in [-0.15, -0.1) is 22.7 Å². The maximum atomic E-state index is 12.5. The highest BCUT2D eigenvalue weighted by molar-refractivity contribution is 7.27. The van der Waals surface area contributed by atoms with Gasteiger partial charge in [-0.05, 0) is 36.8 Å². The summed E-state index contributed by atoms with van der Waals surface area (Å²) in [6.07, 6.45) is 3.34. The zero-order chi connectivity index (χ0) is 12.5. The van der Waals surface area contributed by atoms with E-state index in [-0.39, 0.29) is 12.5 Å². The lowest BCUT2D eigenvalue weighted by molar-refractivity contribution is 0.0531. The molecule has 2 aromatic heterocycles. The van der Waals surface area contributed by atoms with Gasteiger partial charge in [-0.3, -0.25) is 4.79 Å². The van der Waals surface area contributed by atoms with Crippen molar-refractivity contribution in [2.45, 2.75) is 25.3 Å². The first-order chi connectivity index (χ1) is 8.79.